The normalized spacial score (nSPS) is 29.4. The Morgan fingerprint density at radius 2 is 1.94 bits per heavy atom. The van der Waals surface area contributed by atoms with E-state index in [1.807, 2.05) is 25.7 Å². The van der Waals surface area contributed by atoms with Gasteiger partial charge >= 0.3 is 6.09 Å². The van der Waals surface area contributed by atoms with E-state index in [1.54, 1.807) is 0 Å². The van der Waals surface area contributed by atoms with Crippen LogP contribution in [0.1, 0.15) is 52.9 Å². The lowest BCUT2D eigenvalue weighted by atomic mass is 9.99. The van der Waals surface area contributed by atoms with Gasteiger partial charge in [0.1, 0.15) is 5.60 Å². The van der Waals surface area contributed by atoms with Crippen LogP contribution in [0, 0.1) is 0 Å². The number of hydrogen-bond donors (Lipinski definition) is 1. The summed E-state index contributed by atoms with van der Waals surface area (Å²) in [5.41, 5.74) is -0.401. The van der Waals surface area contributed by atoms with Gasteiger partial charge in [0.2, 0.25) is 0 Å². The first-order valence-corrected chi connectivity index (χ1v) is 7.20. The molecule has 1 N–H and O–H groups in total. The molecule has 2 unspecified atom stereocenters. The Morgan fingerprint density at radius 1 is 1.22 bits per heavy atom. The summed E-state index contributed by atoms with van der Waals surface area (Å²) in [7, 11) is 0. The highest BCUT2D eigenvalue weighted by molar-refractivity contribution is 5.69. The van der Waals surface area contributed by atoms with Crippen molar-refractivity contribution in [2.75, 3.05) is 13.1 Å². The Morgan fingerprint density at radius 3 is 2.67 bits per heavy atom. The van der Waals surface area contributed by atoms with Crippen molar-refractivity contribution in [1.82, 2.24) is 10.2 Å². The van der Waals surface area contributed by atoms with E-state index in [1.165, 1.54) is 25.7 Å². The van der Waals surface area contributed by atoms with Gasteiger partial charge in [-0.25, -0.2) is 4.79 Å². The third-order valence-electron chi connectivity index (χ3n) is 3.77. The molecule has 2 aliphatic rings. The zero-order chi connectivity index (χ0) is 13.2. The molecule has 2 atom stereocenters. The Balaban J connectivity index is 2.03. The van der Waals surface area contributed by atoms with E-state index in [-0.39, 0.29) is 6.09 Å². The molecule has 0 spiro atoms. The molecule has 2 fully saturated rings. The van der Waals surface area contributed by atoms with Gasteiger partial charge in [-0.3, -0.25) is 0 Å². The van der Waals surface area contributed by atoms with Gasteiger partial charge in [-0.1, -0.05) is 19.3 Å². The van der Waals surface area contributed by atoms with Crippen molar-refractivity contribution in [1.29, 1.82) is 0 Å². The van der Waals surface area contributed by atoms with Crippen LogP contribution in [0.15, 0.2) is 0 Å². The summed E-state index contributed by atoms with van der Waals surface area (Å²) in [6, 6.07) is 0.796. The monoisotopic (exact) mass is 254 g/mol. The van der Waals surface area contributed by atoms with Crippen LogP contribution in [0.2, 0.25) is 0 Å². The predicted octanol–water partition coefficient (Wildman–Crippen LogP) is 2.53. The topological polar surface area (TPSA) is 41.6 Å². The van der Waals surface area contributed by atoms with E-state index in [0.29, 0.717) is 12.1 Å². The highest BCUT2D eigenvalue weighted by atomic mass is 16.6. The number of nitrogens with one attached hydrogen (secondary N) is 1. The number of hydrogen-bond acceptors (Lipinski definition) is 3. The lowest BCUT2D eigenvalue weighted by molar-refractivity contribution is 0.00478. The Hall–Kier alpha value is -0.770. The van der Waals surface area contributed by atoms with Crippen LogP contribution in [0.3, 0.4) is 0 Å². The van der Waals surface area contributed by atoms with Gasteiger partial charge in [-0.15, -0.1) is 0 Å². The number of amides is 1. The summed E-state index contributed by atoms with van der Waals surface area (Å²) < 4.78 is 5.53. The summed E-state index contributed by atoms with van der Waals surface area (Å²) in [4.78, 5) is 14.2. The van der Waals surface area contributed by atoms with Crippen LogP contribution in [-0.4, -0.2) is 41.8 Å². The minimum absolute atomic E-state index is 0.138. The molecule has 0 radical (unpaired) electrons. The SMILES string of the molecule is CC(C)(C)OC(=O)N1CCNC2CCCCCC21. The van der Waals surface area contributed by atoms with Gasteiger partial charge in [0.15, 0.2) is 0 Å². The number of nitrogens with zero attached hydrogens (tertiary/aromatic N) is 1. The van der Waals surface area contributed by atoms with Crippen molar-refractivity contribution in [3.8, 4) is 0 Å². The lowest BCUT2D eigenvalue weighted by Gasteiger charge is -2.41. The van der Waals surface area contributed by atoms with E-state index in [0.717, 1.165) is 19.5 Å². The van der Waals surface area contributed by atoms with Crippen molar-refractivity contribution in [3.05, 3.63) is 0 Å². The molecule has 1 heterocycles. The van der Waals surface area contributed by atoms with Crippen molar-refractivity contribution in [2.24, 2.45) is 0 Å². The summed E-state index contributed by atoms with van der Waals surface area (Å²) in [6.45, 7) is 7.45. The fourth-order valence-corrected chi connectivity index (χ4v) is 2.98. The number of rotatable bonds is 0. The van der Waals surface area contributed by atoms with Crippen molar-refractivity contribution in [2.45, 2.75) is 70.6 Å². The van der Waals surface area contributed by atoms with E-state index >= 15 is 0 Å². The maximum atomic E-state index is 12.3. The average Bonchev–Trinajstić information content (AvgIpc) is 2.50. The van der Waals surface area contributed by atoms with Gasteiger partial charge in [0.05, 0.1) is 6.04 Å². The quantitative estimate of drug-likeness (QED) is 0.722. The molecule has 0 aromatic carbocycles. The molecule has 0 aromatic heterocycles. The van der Waals surface area contributed by atoms with Crippen LogP contribution in [0.4, 0.5) is 4.79 Å². The molecule has 18 heavy (non-hydrogen) atoms. The number of piperazine rings is 1. The summed E-state index contributed by atoms with van der Waals surface area (Å²) in [6.07, 6.45) is 5.94. The van der Waals surface area contributed by atoms with Crippen molar-refractivity contribution in [3.63, 3.8) is 0 Å². The first-order chi connectivity index (χ1) is 8.47. The lowest BCUT2D eigenvalue weighted by Crippen LogP contribution is -2.59. The number of carbonyl (C=O) groups is 1. The maximum absolute atomic E-state index is 12.3. The van der Waals surface area contributed by atoms with E-state index in [4.69, 9.17) is 4.74 Å². The van der Waals surface area contributed by atoms with Crippen molar-refractivity contribution >= 4 is 6.09 Å². The molecule has 0 bridgehead atoms. The third-order valence-corrected chi connectivity index (χ3v) is 3.77. The second-order valence-electron chi connectivity index (χ2n) is 6.44. The van der Waals surface area contributed by atoms with Crippen LogP contribution < -0.4 is 5.32 Å². The first-order valence-electron chi connectivity index (χ1n) is 7.20. The zero-order valence-electron chi connectivity index (χ0n) is 11.9. The van der Waals surface area contributed by atoms with E-state index < -0.39 is 5.60 Å². The van der Waals surface area contributed by atoms with Gasteiger partial charge in [-0.2, -0.15) is 0 Å². The summed E-state index contributed by atoms with van der Waals surface area (Å²) in [5.74, 6) is 0. The smallest absolute Gasteiger partial charge is 0.410 e. The Labute approximate surface area is 110 Å². The van der Waals surface area contributed by atoms with Crippen LogP contribution in [-0.2, 0) is 4.74 Å². The molecule has 1 amide bonds. The highest BCUT2D eigenvalue weighted by Gasteiger charge is 2.36. The van der Waals surface area contributed by atoms with Crippen LogP contribution in [0.5, 0.6) is 0 Å². The molecule has 1 saturated heterocycles. The molecular formula is C14H26N2O2. The molecule has 2 rings (SSSR count). The molecule has 1 aliphatic carbocycles. The Bertz CT molecular complexity index is 299. The number of fused-ring (bicyclic) bond motifs is 1. The fourth-order valence-electron chi connectivity index (χ4n) is 2.98. The fraction of sp³-hybridized carbons (Fsp3) is 0.929. The molecule has 4 heteroatoms. The van der Waals surface area contributed by atoms with Crippen LogP contribution in [0.25, 0.3) is 0 Å². The molecule has 4 nitrogen and oxygen atoms in total. The molecule has 1 saturated carbocycles. The third kappa shape index (κ3) is 3.37. The van der Waals surface area contributed by atoms with Crippen LogP contribution >= 0.6 is 0 Å². The first kappa shape index (κ1) is 13.7. The van der Waals surface area contributed by atoms with Gasteiger partial charge in [-0.05, 0) is 33.6 Å². The molecule has 0 aromatic rings. The average molecular weight is 254 g/mol. The number of carbonyl (C=O) groups excluding carboxylic acids is 1. The van der Waals surface area contributed by atoms with Gasteiger partial charge < -0.3 is 15.0 Å². The predicted molar refractivity (Wildman–Crippen MR) is 71.6 cm³/mol. The Kier molecular flexibility index (Phi) is 4.15. The van der Waals surface area contributed by atoms with E-state index in [9.17, 15) is 4.79 Å². The summed E-state index contributed by atoms with van der Waals surface area (Å²) >= 11 is 0. The highest BCUT2D eigenvalue weighted by Crippen LogP contribution is 2.26. The minimum Gasteiger partial charge on any atom is -0.444 e. The van der Waals surface area contributed by atoms with Gasteiger partial charge in [0, 0.05) is 19.1 Å². The largest absolute Gasteiger partial charge is 0.444 e. The second kappa shape index (κ2) is 5.47. The zero-order valence-corrected chi connectivity index (χ0v) is 11.9. The summed E-state index contributed by atoms with van der Waals surface area (Å²) in [5, 5.41) is 3.56. The van der Waals surface area contributed by atoms with E-state index in [2.05, 4.69) is 5.32 Å². The minimum atomic E-state index is -0.401. The number of ether oxygens (including phenoxy) is 1. The second-order valence-corrected chi connectivity index (χ2v) is 6.44. The van der Waals surface area contributed by atoms with Gasteiger partial charge in [0.25, 0.3) is 0 Å². The molecule has 104 valence electrons. The maximum Gasteiger partial charge on any atom is 0.410 e. The molecular weight excluding hydrogens is 228 g/mol. The molecule has 1 aliphatic heterocycles. The van der Waals surface area contributed by atoms with Crippen molar-refractivity contribution < 1.29 is 9.53 Å². The standard InChI is InChI=1S/C14H26N2O2/c1-14(2,3)18-13(17)16-10-9-15-11-7-5-4-6-8-12(11)16/h11-12,15H,4-10H2,1-3H3.